The van der Waals surface area contributed by atoms with Crippen LogP contribution in [0.5, 0.6) is 0 Å². The van der Waals surface area contributed by atoms with Gasteiger partial charge in [-0.15, -0.1) is 0 Å². The zero-order valence-electron chi connectivity index (χ0n) is 17.9. The van der Waals surface area contributed by atoms with Crippen LogP contribution in [0.25, 0.3) is 22.5 Å². The second kappa shape index (κ2) is 11.6. The summed E-state index contributed by atoms with van der Waals surface area (Å²) >= 11 is 1.70. The molecule has 1 amide bonds. The highest BCUT2D eigenvalue weighted by Crippen LogP contribution is 2.35. The predicted molar refractivity (Wildman–Crippen MR) is 127 cm³/mol. The van der Waals surface area contributed by atoms with Crippen LogP contribution in [-0.2, 0) is 11.3 Å². The molecular formula is C25H31N3OS. The smallest absolute Gasteiger partial charge is 0.220 e. The molecule has 2 aromatic carbocycles. The highest BCUT2D eigenvalue weighted by Gasteiger charge is 2.19. The summed E-state index contributed by atoms with van der Waals surface area (Å²) in [6.45, 7) is 5.81. The number of thioether (sulfide) groups is 1. The third-order valence-corrected chi connectivity index (χ3v) is 5.98. The summed E-state index contributed by atoms with van der Waals surface area (Å²) in [4.78, 5) is 17.0. The van der Waals surface area contributed by atoms with Gasteiger partial charge < -0.3 is 9.88 Å². The molecule has 0 bridgehead atoms. The van der Waals surface area contributed by atoms with Crippen LogP contribution in [-0.4, -0.2) is 27.8 Å². The number of hydrogen-bond acceptors (Lipinski definition) is 3. The molecule has 0 atom stereocenters. The van der Waals surface area contributed by atoms with Gasteiger partial charge in [-0.2, -0.15) is 0 Å². The van der Waals surface area contributed by atoms with E-state index in [4.69, 9.17) is 4.98 Å². The number of carbonyl (C=O) groups is 1. The molecule has 1 aromatic heterocycles. The van der Waals surface area contributed by atoms with E-state index in [0.717, 1.165) is 53.7 Å². The molecule has 0 spiro atoms. The fraction of sp³-hybridized carbons (Fsp3) is 0.360. The van der Waals surface area contributed by atoms with Gasteiger partial charge in [0.2, 0.25) is 5.91 Å². The topological polar surface area (TPSA) is 46.9 Å². The Morgan fingerprint density at radius 3 is 2.27 bits per heavy atom. The number of imidazole rings is 1. The Bertz CT molecular complexity index is 922. The van der Waals surface area contributed by atoms with Crippen molar-refractivity contribution in [3.63, 3.8) is 0 Å². The summed E-state index contributed by atoms with van der Waals surface area (Å²) in [7, 11) is 0. The van der Waals surface area contributed by atoms with Crippen molar-refractivity contribution in [2.24, 2.45) is 0 Å². The SMILES string of the molecule is CCCCCC(=O)NCCSc1nc(-c2ccccc2)c(-c2ccccc2)n1CC. The van der Waals surface area contributed by atoms with Crippen molar-refractivity contribution >= 4 is 17.7 Å². The van der Waals surface area contributed by atoms with Gasteiger partial charge in [0.25, 0.3) is 0 Å². The number of benzene rings is 2. The molecule has 158 valence electrons. The molecule has 0 aliphatic carbocycles. The number of aromatic nitrogens is 2. The first kappa shape index (κ1) is 22.2. The molecule has 0 saturated heterocycles. The van der Waals surface area contributed by atoms with Crippen LogP contribution in [0.15, 0.2) is 65.8 Å². The van der Waals surface area contributed by atoms with E-state index in [1.54, 1.807) is 11.8 Å². The highest BCUT2D eigenvalue weighted by molar-refractivity contribution is 7.99. The summed E-state index contributed by atoms with van der Waals surface area (Å²) in [5.74, 6) is 0.955. The number of carbonyl (C=O) groups excluding carboxylic acids is 1. The molecule has 5 heteroatoms. The van der Waals surface area contributed by atoms with Crippen molar-refractivity contribution in [3.8, 4) is 22.5 Å². The lowest BCUT2D eigenvalue weighted by Gasteiger charge is -2.11. The molecule has 3 aromatic rings. The first-order valence-corrected chi connectivity index (χ1v) is 11.8. The molecule has 0 aliphatic heterocycles. The van der Waals surface area contributed by atoms with Crippen LogP contribution < -0.4 is 5.32 Å². The lowest BCUT2D eigenvalue weighted by molar-refractivity contribution is -0.121. The predicted octanol–water partition coefficient (Wildman–Crippen LogP) is 6.03. The van der Waals surface area contributed by atoms with Gasteiger partial charge in [-0.25, -0.2) is 4.98 Å². The fourth-order valence-electron chi connectivity index (χ4n) is 3.48. The van der Waals surface area contributed by atoms with Crippen molar-refractivity contribution in [2.75, 3.05) is 12.3 Å². The van der Waals surface area contributed by atoms with Crippen LogP contribution in [0.4, 0.5) is 0 Å². The molecule has 0 fully saturated rings. The Hall–Kier alpha value is -2.53. The normalized spacial score (nSPS) is 10.9. The Balaban J connectivity index is 1.77. The maximum absolute atomic E-state index is 11.9. The van der Waals surface area contributed by atoms with Gasteiger partial charge in [-0.1, -0.05) is 92.2 Å². The number of rotatable bonds is 11. The largest absolute Gasteiger partial charge is 0.355 e. The van der Waals surface area contributed by atoms with Gasteiger partial charge >= 0.3 is 0 Å². The minimum Gasteiger partial charge on any atom is -0.355 e. The summed E-state index contributed by atoms with van der Waals surface area (Å²) < 4.78 is 2.28. The molecule has 0 unspecified atom stereocenters. The van der Waals surface area contributed by atoms with E-state index in [1.807, 2.05) is 12.1 Å². The second-order valence-electron chi connectivity index (χ2n) is 7.22. The first-order chi connectivity index (χ1) is 14.7. The van der Waals surface area contributed by atoms with E-state index in [1.165, 1.54) is 5.56 Å². The molecule has 3 rings (SSSR count). The zero-order chi connectivity index (χ0) is 21.2. The maximum Gasteiger partial charge on any atom is 0.220 e. The number of nitrogens with zero attached hydrogens (tertiary/aromatic N) is 2. The summed E-state index contributed by atoms with van der Waals surface area (Å²) in [6, 6.07) is 20.8. The number of amides is 1. The quantitative estimate of drug-likeness (QED) is 0.304. The molecule has 30 heavy (non-hydrogen) atoms. The maximum atomic E-state index is 11.9. The molecule has 1 N–H and O–H groups in total. The highest BCUT2D eigenvalue weighted by atomic mass is 32.2. The second-order valence-corrected chi connectivity index (χ2v) is 8.29. The molecule has 0 saturated carbocycles. The van der Waals surface area contributed by atoms with Crippen molar-refractivity contribution in [1.82, 2.24) is 14.9 Å². The van der Waals surface area contributed by atoms with Gasteiger partial charge in [0.1, 0.15) is 0 Å². The lowest BCUT2D eigenvalue weighted by atomic mass is 10.0. The lowest BCUT2D eigenvalue weighted by Crippen LogP contribution is -2.25. The van der Waals surface area contributed by atoms with Gasteiger partial charge in [-0.05, 0) is 13.3 Å². The minimum atomic E-state index is 0.151. The molecule has 0 aliphatic rings. The Morgan fingerprint density at radius 2 is 1.63 bits per heavy atom. The van der Waals surface area contributed by atoms with Crippen molar-refractivity contribution < 1.29 is 4.79 Å². The number of nitrogens with one attached hydrogen (secondary N) is 1. The monoisotopic (exact) mass is 421 g/mol. The summed E-state index contributed by atoms with van der Waals surface area (Å²) in [5, 5.41) is 4.03. The van der Waals surface area contributed by atoms with Crippen LogP contribution >= 0.6 is 11.8 Å². The Morgan fingerprint density at radius 1 is 0.967 bits per heavy atom. The van der Waals surface area contributed by atoms with Crippen LogP contribution in [0.1, 0.15) is 39.5 Å². The average Bonchev–Trinajstić information content (AvgIpc) is 3.16. The Kier molecular flexibility index (Phi) is 8.57. The van der Waals surface area contributed by atoms with E-state index >= 15 is 0 Å². The van der Waals surface area contributed by atoms with Gasteiger partial charge in [-0.3, -0.25) is 4.79 Å². The third-order valence-electron chi connectivity index (χ3n) is 5.01. The molecular weight excluding hydrogens is 390 g/mol. The average molecular weight is 422 g/mol. The number of unbranched alkanes of at least 4 members (excludes halogenated alkanes) is 2. The van der Waals surface area contributed by atoms with Crippen LogP contribution in [0, 0.1) is 0 Å². The van der Waals surface area contributed by atoms with Gasteiger partial charge in [0, 0.05) is 36.4 Å². The standard InChI is InChI=1S/C25H31N3OS/c1-3-5-8-17-22(29)26-18-19-30-25-27-23(20-13-9-6-10-14-20)24(28(25)4-2)21-15-11-7-12-16-21/h6-7,9-16H,3-5,8,17-19H2,1-2H3,(H,26,29). The summed E-state index contributed by atoms with van der Waals surface area (Å²) in [5.41, 5.74) is 4.45. The van der Waals surface area contributed by atoms with Crippen molar-refractivity contribution in [2.45, 2.75) is 51.2 Å². The van der Waals surface area contributed by atoms with E-state index in [-0.39, 0.29) is 5.91 Å². The van der Waals surface area contributed by atoms with E-state index in [2.05, 4.69) is 72.3 Å². The molecule has 0 radical (unpaired) electrons. The van der Waals surface area contributed by atoms with E-state index in [9.17, 15) is 4.79 Å². The molecule has 4 nitrogen and oxygen atoms in total. The van der Waals surface area contributed by atoms with Crippen molar-refractivity contribution in [3.05, 3.63) is 60.7 Å². The first-order valence-electron chi connectivity index (χ1n) is 10.9. The van der Waals surface area contributed by atoms with Crippen LogP contribution in [0.2, 0.25) is 0 Å². The number of hydrogen-bond donors (Lipinski definition) is 1. The van der Waals surface area contributed by atoms with Gasteiger partial charge in [0.15, 0.2) is 5.16 Å². The van der Waals surface area contributed by atoms with Crippen molar-refractivity contribution in [1.29, 1.82) is 0 Å². The fourth-order valence-corrected chi connectivity index (χ4v) is 4.40. The molecule has 1 heterocycles. The minimum absolute atomic E-state index is 0.151. The zero-order valence-corrected chi connectivity index (χ0v) is 18.8. The third kappa shape index (κ3) is 5.76. The van der Waals surface area contributed by atoms with Crippen LogP contribution in [0.3, 0.4) is 0 Å². The van der Waals surface area contributed by atoms with Gasteiger partial charge in [0.05, 0.1) is 11.4 Å². The Labute approximate surface area is 184 Å². The van der Waals surface area contributed by atoms with E-state index in [0.29, 0.717) is 13.0 Å². The van der Waals surface area contributed by atoms with E-state index < -0.39 is 0 Å². The summed E-state index contributed by atoms with van der Waals surface area (Å²) in [6.07, 6.45) is 3.84.